The smallest absolute Gasteiger partial charge is 0.365 e. The monoisotopic (exact) mass is 570 g/mol. The van der Waals surface area contributed by atoms with Gasteiger partial charge >= 0.3 is 21.2 Å². The Balaban J connectivity index is 0.000000267. The summed E-state index contributed by atoms with van der Waals surface area (Å²) in [5.41, 5.74) is 0. The third kappa shape index (κ3) is 5.80. The largest absolute Gasteiger partial charge is 0.473 e. The van der Waals surface area contributed by atoms with E-state index in [1.165, 1.54) is 0 Å². The average molecular weight is 571 g/mol. The zero-order valence-corrected chi connectivity index (χ0v) is 21.9. The Morgan fingerprint density at radius 1 is 0.359 bits per heavy atom. The Morgan fingerprint density at radius 3 is 0.641 bits per heavy atom. The van der Waals surface area contributed by atoms with Crippen molar-refractivity contribution in [1.82, 2.24) is 0 Å². The molecule has 6 N–H and O–H groups in total. The van der Waals surface area contributed by atoms with Crippen LogP contribution in [-0.4, -0.2) is 47.1 Å². The number of hydrogen-bond acceptors (Lipinski definition) is 4. The summed E-state index contributed by atoms with van der Waals surface area (Å²) < 4.78 is 0. The van der Waals surface area contributed by atoms with Crippen LogP contribution in [0.5, 0.6) is 0 Å². The molecule has 39 heavy (non-hydrogen) atoms. The first-order valence-corrected chi connectivity index (χ1v) is 14.3. The second-order valence-electron chi connectivity index (χ2n) is 7.54. The topological polar surface area (TPSA) is 181 Å². The number of hydrogen-bond donors (Lipinski definition) is 4. The fraction of sp³-hybridized carbons (Fsp3) is 0. The van der Waals surface area contributed by atoms with Crippen molar-refractivity contribution < 1.29 is 45.1 Å². The second kappa shape index (κ2) is 13.3. The fourth-order valence-corrected chi connectivity index (χ4v) is 8.44. The molecule has 0 amide bonds. The molecule has 0 heterocycles. The minimum Gasteiger partial charge on any atom is -0.473 e. The van der Waals surface area contributed by atoms with E-state index >= 15 is 0 Å². The lowest BCUT2D eigenvalue weighted by Crippen LogP contribution is -2.19. The first-order chi connectivity index (χ1) is 18.2. The summed E-state index contributed by atoms with van der Waals surface area (Å²) in [7, 11) is -6.31. The highest BCUT2D eigenvalue weighted by Crippen LogP contribution is 2.64. The Bertz CT molecular complexity index is 1190. The molecule has 0 fully saturated rings. The van der Waals surface area contributed by atoms with Gasteiger partial charge in [0.15, 0.2) is 0 Å². The van der Waals surface area contributed by atoms with Crippen molar-refractivity contribution >= 4 is 41.3 Å². The van der Waals surface area contributed by atoms with Gasteiger partial charge in [-0.05, 0) is 48.5 Å². The van der Waals surface area contributed by atoms with Gasteiger partial charge in [-0.3, -0.25) is 0 Å². The van der Waals surface area contributed by atoms with Crippen molar-refractivity contribution in [3.05, 3.63) is 121 Å². The van der Waals surface area contributed by atoms with Gasteiger partial charge in [0.25, 0.3) is 0 Å². The molecule has 204 valence electrons. The van der Waals surface area contributed by atoms with Crippen molar-refractivity contribution in [1.29, 1.82) is 0 Å². The molecule has 0 aliphatic rings. The third-order valence-corrected chi connectivity index (χ3v) is 11.4. The first kappa shape index (κ1) is 30.6. The summed E-state index contributed by atoms with van der Waals surface area (Å²) in [4.78, 5) is 48.1. The molecule has 4 aromatic rings. The first-order valence-electron chi connectivity index (χ1n) is 11.0. The van der Waals surface area contributed by atoms with E-state index < -0.39 is 41.3 Å². The van der Waals surface area contributed by atoms with Crippen molar-refractivity contribution in [3.8, 4) is 0 Å². The van der Waals surface area contributed by atoms with Crippen LogP contribution in [-0.2, 0) is 0 Å². The molecule has 0 bridgehead atoms. The molecule has 0 spiro atoms. The van der Waals surface area contributed by atoms with E-state index in [1.54, 1.807) is 121 Å². The number of carbonyl (C=O) groups is 4. The van der Waals surface area contributed by atoms with Crippen molar-refractivity contribution in [3.63, 3.8) is 0 Å². The Hall–Kier alpha value is -4.58. The van der Waals surface area contributed by atoms with Crippen molar-refractivity contribution in [2.45, 2.75) is 19.6 Å². The average Bonchev–Trinajstić information content (AvgIpc) is 2.92. The number of benzene rings is 4. The SMILES string of the molecule is O.O=C(O)S(C(=O)O)(c1ccccc1)c1ccccc1.O=C(O)S(C(=O)O)(c1ccccc1)c1ccccc1. The highest BCUT2D eigenvalue weighted by molar-refractivity contribution is 8.55. The summed E-state index contributed by atoms with van der Waals surface area (Å²) in [5.74, 6) is 0. The molecular formula is C28H26O9S2. The van der Waals surface area contributed by atoms with Gasteiger partial charge in [0.2, 0.25) is 0 Å². The molecule has 9 nitrogen and oxygen atoms in total. The van der Waals surface area contributed by atoms with Crippen LogP contribution in [0.4, 0.5) is 19.2 Å². The van der Waals surface area contributed by atoms with Gasteiger partial charge in [0, 0.05) is 39.6 Å². The lowest BCUT2D eigenvalue weighted by molar-refractivity contribution is 0.213. The summed E-state index contributed by atoms with van der Waals surface area (Å²) in [5, 5.41) is 32.9. The number of carboxylic acid groups (broad SMARTS) is 4. The molecule has 0 saturated heterocycles. The predicted octanol–water partition coefficient (Wildman–Crippen LogP) is 7.71. The standard InChI is InChI=1S/2C14H12O4S.H2O/c2*15-13(16)19(14(17)18,11-7-3-1-4-8-11)12-9-5-2-6-10-12;/h2*1-10H,(H,15,16)(H,17,18);1H2. The van der Waals surface area contributed by atoms with Gasteiger partial charge in [0.1, 0.15) is 0 Å². The quantitative estimate of drug-likeness (QED) is 0.192. The van der Waals surface area contributed by atoms with Gasteiger partial charge in [-0.25, -0.2) is 19.2 Å². The van der Waals surface area contributed by atoms with Crippen molar-refractivity contribution in [2.75, 3.05) is 0 Å². The van der Waals surface area contributed by atoms with Crippen LogP contribution >= 0.6 is 20.1 Å². The highest BCUT2D eigenvalue weighted by atomic mass is 32.3. The van der Waals surface area contributed by atoms with E-state index in [1.807, 2.05) is 0 Å². The molecule has 0 aromatic heterocycles. The van der Waals surface area contributed by atoms with E-state index in [-0.39, 0.29) is 5.48 Å². The molecule has 4 aromatic carbocycles. The Labute approximate surface area is 226 Å². The van der Waals surface area contributed by atoms with Gasteiger partial charge < -0.3 is 25.9 Å². The summed E-state index contributed by atoms with van der Waals surface area (Å²) in [6.45, 7) is 0. The van der Waals surface area contributed by atoms with E-state index in [0.717, 1.165) is 0 Å². The van der Waals surface area contributed by atoms with E-state index in [9.17, 15) is 39.6 Å². The molecule has 0 aliphatic heterocycles. The lowest BCUT2D eigenvalue weighted by Gasteiger charge is -2.30. The normalized spacial score (nSPS) is 11.5. The second-order valence-corrected chi connectivity index (χ2v) is 13.3. The molecule has 0 saturated carbocycles. The van der Waals surface area contributed by atoms with Crippen LogP contribution < -0.4 is 0 Å². The Morgan fingerprint density at radius 2 is 0.513 bits per heavy atom. The molecule has 0 radical (unpaired) electrons. The molecule has 4 rings (SSSR count). The summed E-state index contributed by atoms with van der Waals surface area (Å²) in [6, 6.07) is 32.4. The third-order valence-electron chi connectivity index (χ3n) is 5.43. The van der Waals surface area contributed by atoms with E-state index in [4.69, 9.17) is 0 Å². The zero-order chi connectivity index (χ0) is 27.8. The van der Waals surface area contributed by atoms with Crippen LogP contribution in [0, 0.1) is 0 Å². The minimum atomic E-state index is -3.15. The van der Waals surface area contributed by atoms with Crippen LogP contribution in [0.25, 0.3) is 0 Å². The van der Waals surface area contributed by atoms with Crippen molar-refractivity contribution in [2.24, 2.45) is 0 Å². The molecule has 0 atom stereocenters. The van der Waals surface area contributed by atoms with E-state index in [0.29, 0.717) is 19.6 Å². The summed E-state index contributed by atoms with van der Waals surface area (Å²) >= 11 is 0. The molecular weight excluding hydrogens is 544 g/mol. The fourth-order valence-electron chi connectivity index (χ4n) is 3.73. The van der Waals surface area contributed by atoms with Gasteiger partial charge in [-0.15, -0.1) is 0 Å². The maximum atomic E-state index is 11.7. The Kier molecular flexibility index (Phi) is 10.4. The van der Waals surface area contributed by atoms with Gasteiger partial charge in [-0.2, -0.15) is 0 Å². The summed E-state index contributed by atoms with van der Waals surface area (Å²) in [6.07, 6.45) is 0. The highest BCUT2D eigenvalue weighted by Gasteiger charge is 2.45. The van der Waals surface area contributed by atoms with Gasteiger partial charge in [0.05, 0.1) is 0 Å². The molecule has 11 heteroatoms. The zero-order valence-electron chi connectivity index (χ0n) is 20.3. The molecule has 0 aliphatic carbocycles. The van der Waals surface area contributed by atoms with Crippen LogP contribution in [0.2, 0.25) is 0 Å². The predicted molar refractivity (Wildman–Crippen MR) is 150 cm³/mol. The van der Waals surface area contributed by atoms with Crippen LogP contribution in [0.3, 0.4) is 0 Å². The molecule has 0 unspecified atom stereocenters. The van der Waals surface area contributed by atoms with Gasteiger partial charge in [-0.1, -0.05) is 72.8 Å². The van der Waals surface area contributed by atoms with Crippen LogP contribution in [0.1, 0.15) is 0 Å². The van der Waals surface area contributed by atoms with E-state index in [2.05, 4.69) is 0 Å². The maximum Gasteiger partial charge on any atom is 0.365 e. The lowest BCUT2D eigenvalue weighted by atomic mass is 10.4. The number of rotatable bonds is 4. The minimum absolute atomic E-state index is 0. The maximum absolute atomic E-state index is 11.7. The van der Waals surface area contributed by atoms with Crippen LogP contribution in [0.15, 0.2) is 141 Å².